The van der Waals surface area contributed by atoms with Crippen LogP contribution < -0.4 is 16.8 Å². The van der Waals surface area contributed by atoms with E-state index in [-0.39, 0.29) is 0 Å². The van der Waals surface area contributed by atoms with Crippen molar-refractivity contribution in [1.29, 1.82) is 0 Å². The van der Waals surface area contributed by atoms with Gasteiger partial charge in [0.05, 0.1) is 12.5 Å². The third kappa shape index (κ3) is 4.81. The van der Waals surface area contributed by atoms with E-state index in [0.29, 0.717) is 12.3 Å². The highest BCUT2D eigenvalue weighted by atomic mass is 16.4. The molecule has 0 aromatic heterocycles. The molecule has 1 fully saturated rings. The second kappa shape index (κ2) is 5.62. The van der Waals surface area contributed by atoms with Crippen molar-refractivity contribution >= 4 is 17.8 Å². The maximum absolute atomic E-state index is 11.6. The molecule has 7 heteroatoms. The lowest BCUT2D eigenvalue weighted by atomic mass is 10.1. The molecule has 0 radical (unpaired) electrons. The van der Waals surface area contributed by atoms with Gasteiger partial charge in [0, 0.05) is 0 Å². The molecule has 0 saturated heterocycles. The summed E-state index contributed by atoms with van der Waals surface area (Å²) in [6, 6.07) is -2.03. The molecule has 0 aliphatic heterocycles. The van der Waals surface area contributed by atoms with Crippen LogP contribution in [-0.4, -0.2) is 35.0 Å². The molecule has 6 N–H and O–H groups in total. The van der Waals surface area contributed by atoms with Crippen LogP contribution in [0.2, 0.25) is 0 Å². The molecule has 96 valence electrons. The molecular weight excluding hydrogens is 226 g/mol. The fourth-order valence-corrected chi connectivity index (χ4v) is 1.50. The van der Waals surface area contributed by atoms with Gasteiger partial charge in [0.1, 0.15) is 6.04 Å². The molecule has 0 spiro atoms. The normalized spacial score (nSPS) is 18.2. The van der Waals surface area contributed by atoms with E-state index in [1.807, 2.05) is 0 Å². The van der Waals surface area contributed by atoms with E-state index in [0.717, 1.165) is 12.8 Å². The van der Waals surface area contributed by atoms with Gasteiger partial charge >= 0.3 is 5.97 Å². The van der Waals surface area contributed by atoms with Crippen molar-refractivity contribution in [2.75, 3.05) is 0 Å². The number of nitrogens with one attached hydrogen (secondary N) is 1. The first-order valence-corrected chi connectivity index (χ1v) is 5.47. The highest BCUT2D eigenvalue weighted by Gasteiger charge is 2.29. The molecule has 1 saturated carbocycles. The fourth-order valence-electron chi connectivity index (χ4n) is 1.50. The van der Waals surface area contributed by atoms with Crippen LogP contribution in [0.3, 0.4) is 0 Å². The molecule has 0 aromatic rings. The van der Waals surface area contributed by atoms with E-state index < -0.39 is 36.3 Å². The lowest BCUT2D eigenvalue weighted by molar-refractivity contribution is -0.143. The van der Waals surface area contributed by atoms with Gasteiger partial charge in [-0.2, -0.15) is 0 Å². The first kappa shape index (κ1) is 13.4. The van der Waals surface area contributed by atoms with Crippen molar-refractivity contribution in [3.63, 3.8) is 0 Å². The van der Waals surface area contributed by atoms with E-state index in [1.54, 1.807) is 0 Å². The van der Waals surface area contributed by atoms with Gasteiger partial charge in [0.2, 0.25) is 11.8 Å². The number of carboxylic acid groups (broad SMARTS) is 1. The summed E-state index contributed by atoms with van der Waals surface area (Å²) in [4.78, 5) is 32.9. The molecule has 1 aliphatic carbocycles. The smallest absolute Gasteiger partial charge is 0.326 e. The van der Waals surface area contributed by atoms with Crippen LogP contribution in [0.4, 0.5) is 0 Å². The number of amides is 2. The Labute approximate surface area is 98.5 Å². The Balaban J connectivity index is 2.44. The van der Waals surface area contributed by atoms with Gasteiger partial charge in [0.15, 0.2) is 0 Å². The summed E-state index contributed by atoms with van der Waals surface area (Å²) in [7, 11) is 0. The van der Waals surface area contributed by atoms with E-state index in [1.165, 1.54) is 0 Å². The van der Waals surface area contributed by atoms with Crippen LogP contribution >= 0.6 is 0 Å². The average Bonchev–Trinajstić information content (AvgIpc) is 2.99. The fraction of sp³-hybridized carbons (Fsp3) is 0.700. The zero-order chi connectivity index (χ0) is 13.0. The predicted molar refractivity (Wildman–Crippen MR) is 58.7 cm³/mol. The lowest BCUT2D eigenvalue weighted by Gasteiger charge is -2.16. The lowest BCUT2D eigenvalue weighted by Crippen LogP contribution is -2.49. The van der Waals surface area contributed by atoms with Crippen molar-refractivity contribution in [3.8, 4) is 0 Å². The zero-order valence-corrected chi connectivity index (χ0v) is 9.39. The standard InChI is InChI=1S/C10H17N3O4/c11-6(3-5-1-2-5)9(15)13-7(10(16)17)4-8(12)14/h5-7H,1-4,11H2,(H2,12,14)(H,13,15)(H,16,17)/t6?,7-/m1/s1. The molecule has 1 rings (SSSR count). The number of hydrogen-bond donors (Lipinski definition) is 4. The van der Waals surface area contributed by atoms with Gasteiger partial charge in [-0.1, -0.05) is 12.8 Å². The van der Waals surface area contributed by atoms with Crippen LogP contribution in [0, 0.1) is 5.92 Å². The molecule has 1 aliphatic rings. The van der Waals surface area contributed by atoms with Crippen LogP contribution in [0.15, 0.2) is 0 Å². The van der Waals surface area contributed by atoms with Gasteiger partial charge in [0.25, 0.3) is 0 Å². The topological polar surface area (TPSA) is 136 Å². The molecule has 0 heterocycles. The highest BCUT2D eigenvalue weighted by molar-refractivity contribution is 5.89. The van der Waals surface area contributed by atoms with Crippen LogP contribution in [-0.2, 0) is 14.4 Å². The Morgan fingerprint density at radius 2 is 1.94 bits per heavy atom. The van der Waals surface area contributed by atoms with Crippen molar-refractivity contribution in [2.24, 2.45) is 17.4 Å². The largest absolute Gasteiger partial charge is 0.480 e. The van der Waals surface area contributed by atoms with E-state index in [2.05, 4.69) is 5.32 Å². The molecular formula is C10H17N3O4. The summed E-state index contributed by atoms with van der Waals surface area (Å²) in [5.41, 5.74) is 10.5. The third-order valence-electron chi connectivity index (χ3n) is 2.64. The van der Waals surface area contributed by atoms with E-state index >= 15 is 0 Å². The zero-order valence-electron chi connectivity index (χ0n) is 9.39. The number of carboxylic acids is 1. The number of nitrogens with two attached hydrogens (primary N) is 2. The Morgan fingerprint density at radius 1 is 1.35 bits per heavy atom. The second-order valence-corrected chi connectivity index (χ2v) is 4.36. The predicted octanol–water partition coefficient (Wildman–Crippen LogP) is -1.44. The number of hydrogen-bond acceptors (Lipinski definition) is 4. The summed E-state index contributed by atoms with van der Waals surface area (Å²) in [6.07, 6.45) is 2.24. The monoisotopic (exact) mass is 243 g/mol. The van der Waals surface area contributed by atoms with Crippen molar-refractivity contribution < 1.29 is 19.5 Å². The Bertz CT molecular complexity index is 328. The molecule has 17 heavy (non-hydrogen) atoms. The number of primary amides is 1. The Hall–Kier alpha value is -1.63. The molecule has 1 unspecified atom stereocenters. The molecule has 0 bridgehead atoms. The van der Waals surface area contributed by atoms with E-state index in [4.69, 9.17) is 16.6 Å². The van der Waals surface area contributed by atoms with E-state index in [9.17, 15) is 14.4 Å². The second-order valence-electron chi connectivity index (χ2n) is 4.36. The molecule has 2 atom stereocenters. The maximum Gasteiger partial charge on any atom is 0.326 e. The SMILES string of the molecule is NC(=O)C[C@@H](NC(=O)C(N)CC1CC1)C(=O)O. The van der Waals surface area contributed by atoms with Gasteiger partial charge in [-0.05, 0) is 12.3 Å². The first-order valence-electron chi connectivity index (χ1n) is 5.47. The Morgan fingerprint density at radius 3 is 2.35 bits per heavy atom. The molecule has 2 amide bonds. The summed E-state index contributed by atoms with van der Waals surface area (Å²) in [5, 5.41) is 11.0. The number of aliphatic carboxylic acids is 1. The van der Waals surface area contributed by atoms with Crippen molar-refractivity contribution in [1.82, 2.24) is 5.32 Å². The maximum atomic E-state index is 11.6. The van der Waals surface area contributed by atoms with Crippen LogP contribution in [0.1, 0.15) is 25.7 Å². The first-order chi connectivity index (χ1) is 7.90. The van der Waals surface area contributed by atoms with Gasteiger partial charge in [-0.15, -0.1) is 0 Å². The van der Waals surface area contributed by atoms with Crippen molar-refractivity contribution in [2.45, 2.75) is 37.8 Å². The van der Waals surface area contributed by atoms with Gasteiger partial charge in [-0.25, -0.2) is 4.79 Å². The Kier molecular flexibility index (Phi) is 4.45. The highest BCUT2D eigenvalue weighted by Crippen LogP contribution is 2.33. The van der Waals surface area contributed by atoms with Crippen molar-refractivity contribution in [3.05, 3.63) is 0 Å². The van der Waals surface area contributed by atoms with Crippen LogP contribution in [0.5, 0.6) is 0 Å². The summed E-state index contributed by atoms with van der Waals surface area (Å²) < 4.78 is 0. The number of rotatable bonds is 7. The summed E-state index contributed by atoms with van der Waals surface area (Å²) in [6.45, 7) is 0. The third-order valence-corrected chi connectivity index (χ3v) is 2.64. The van der Waals surface area contributed by atoms with Crippen LogP contribution in [0.25, 0.3) is 0 Å². The average molecular weight is 243 g/mol. The summed E-state index contributed by atoms with van der Waals surface area (Å²) in [5.74, 6) is -2.16. The minimum atomic E-state index is -1.30. The minimum Gasteiger partial charge on any atom is -0.480 e. The number of carbonyl (C=O) groups excluding carboxylic acids is 2. The van der Waals surface area contributed by atoms with Gasteiger partial charge in [-0.3, -0.25) is 9.59 Å². The molecule has 0 aromatic carbocycles. The molecule has 7 nitrogen and oxygen atoms in total. The van der Waals surface area contributed by atoms with Gasteiger partial charge < -0.3 is 21.9 Å². The number of carbonyl (C=O) groups is 3. The summed E-state index contributed by atoms with van der Waals surface area (Å²) >= 11 is 0. The minimum absolute atomic E-state index is 0.433. The quantitative estimate of drug-likeness (QED) is 0.434.